The normalized spacial score (nSPS) is 15.4. The number of quaternary nitrogens is 2. The zero-order valence-corrected chi connectivity index (χ0v) is 13.0. The summed E-state index contributed by atoms with van der Waals surface area (Å²) >= 11 is 0. The van der Waals surface area contributed by atoms with Gasteiger partial charge in [-0.05, 0) is 18.8 Å². The zero-order valence-electron chi connectivity index (χ0n) is 13.0. The number of aliphatic hydroxyl groups is 1. The van der Waals surface area contributed by atoms with Gasteiger partial charge in [-0.15, -0.1) is 0 Å². The molecule has 1 atom stereocenters. The summed E-state index contributed by atoms with van der Waals surface area (Å²) in [6, 6.07) is 0. The molecule has 0 amide bonds. The fourth-order valence-electron chi connectivity index (χ4n) is 2.28. The molecule has 0 saturated carbocycles. The molecule has 0 aliphatic rings. The highest BCUT2D eigenvalue weighted by molar-refractivity contribution is 4.53. The van der Waals surface area contributed by atoms with Crippen molar-refractivity contribution >= 4 is 0 Å². The average Bonchev–Trinajstić information content (AvgIpc) is 1.96. The molecule has 0 radical (unpaired) electrons. The molecule has 0 aromatic heterocycles. The molecule has 1 N–H and O–H groups in total. The maximum absolute atomic E-state index is 10.1. The highest BCUT2D eigenvalue weighted by Gasteiger charge is 2.24. The van der Waals surface area contributed by atoms with E-state index in [1.807, 2.05) is 0 Å². The van der Waals surface area contributed by atoms with Crippen LogP contribution in [0.3, 0.4) is 0 Å². The molecule has 0 bridgehead atoms. The second-order valence-corrected chi connectivity index (χ2v) is 7.50. The molecule has 1 unspecified atom stereocenters. The van der Waals surface area contributed by atoms with E-state index < -0.39 is 0 Å². The Kier molecular flexibility index (Phi) is 6.67. The molecule has 0 fully saturated rings. The topological polar surface area (TPSA) is 20.2 Å². The molecule has 0 aromatic carbocycles. The van der Waals surface area contributed by atoms with Crippen molar-refractivity contribution in [3.8, 4) is 0 Å². The molecule has 104 valence electrons. The lowest BCUT2D eigenvalue weighted by atomic mass is 10.1. The monoisotopic (exact) mass is 246 g/mol. The molecular formula is C14H34N2O+2. The van der Waals surface area contributed by atoms with Gasteiger partial charge in [0.05, 0.1) is 41.8 Å². The Morgan fingerprint density at radius 3 is 1.88 bits per heavy atom. The third-order valence-corrected chi connectivity index (χ3v) is 3.01. The van der Waals surface area contributed by atoms with Gasteiger partial charge in [0.1, 0.15) is 13.1 Å². The third kappa shape index (κ3) is 10.7. The van der Waals surface area contributed by atoms with Gasteiger partial charge < -0.3 is 14.1 Å². The van der Waals surface area contributed by atoms with E-state index in [9.17, 15) is 5.11 Å². The summed E-state index contributed by atoms with van der Waals surface area (Å²) in [5, 5.41) is 10.1. The van der Waals surface area contributed by atoms with E-state index in [0.29, 0.717) is 0 Å². The smallest absolute Gasteiger partial charge is 0.152 e. The Balaban J connectivity index is 3.98. The Morgan fingerprint density at radius 1 is 0.941 bits per heavy atom. The summed E-state index contributed by atoms with van der Waals surface area (Å²) in [6.07, 6.45) is 2.33. The Hall–Kier alpha value is -0.120. The van der Waals surface area contributed by atoms with E-state index >= 15 is 0 Å². The molecule has 3 nitrogen and oxygen atoms in total. The predicted molar refractivity (Wildman–Crippen MR) is 74.8 cm³/mol. The van der Waals surface area contributed by atoms with Crippen LogP contribution in [-0.4, -0.2) is 75.0 Å². The molecule has 0 saturated heterocycles. The summed E-state index contributed by atoms with van der Waals surface area (Å²) in [6.45, 7) is 7.38. The Labute approximate surface area is 108 Å². The first kappa shape index (κ1) is 16.9. The second kappa shape index (κ2) is 6.72. The van der Waals surface area contributed by atoms with Crippen LogP contribution in [0.5, 0.6) is 0 Å². The van der Waals surface area contributed by atoms with E-state index in [1.54, 1.807) is 0 Å². The summed E-state index contributed by atoms with van der Waals surface area (Å²) in [7, 11) is 10.8. The second-order valence-electron chi connectivity index (χ2n) is 7.50. The first-order chi connectivity index (χ1) is 7.52. The quantitative estimate of drug-likeness (QED) is 0.645. The average molecular weight is 246 g/mol. The summed E-state index contributed by atoms with van der Waals surface area (Å²) in [4.78, 5) is 0. The van der Waals surface area contributed by atoms with Crippen molar-refractivity contribution in [3.63, 3.8) is 0 Å². The predicted octanol–water partition coefficient (Wildman–Crippen LogP) is 1.57. The SMILES string of the molecule is CC(C)CCC[N+](C)(C)CC(O)C[N+](C)(C)C. The van der Waals surface area contributed by atoms with E-state index in [4.69, 9.17) is 0 Å². The number of rotatable bonds is 8. The first-order valence-electron chi connectivity index (χ1n) is 6.82. The van der Waals surface area contributed by atoms with Crippen LogP contribution in [0, 0.1) is 5.92 Å². The fourth-order valence-corrected chi connectivity index (χ4v) is 2.28. The van der Waals surface area contributed by atoms with Crippen LogP contribution >= 0.6 is 0 Å². The zero-order chi connectivity index (χ0) is 13.7. The molecule has 3 heteroatoms. The van der Waals surface area contributed by atoms with Crippen LogP contribution in [0.25, 0.3) is 0 Å². The van der Waals surface area contributed by atoms with Gasteiger partial charge in [0.15, 0.2) is 6.10 Å². The van der Waals surface area contributed by atoms with Crippen molar-refractivity contribution in [2.75, 3.05) is 54.9 Å². The van der Waals surface area contributed by atoms with E-state index in [2.05, 4.69) is 49.1 Å². The molecular weight excluding hydrogens is 212 g/mol. The molecule has 0 spiro atoms. The van der Waals surface area contributed by atoms with Crippen LogP contribution in [0.1, 0.15) is 26.7 Å². The molecule has 0 aliphatic carbocycles. The molecule has 0 rings (SSSR count). The standard InChI is InChI=1S/C14H34N2O/c1-13(2)9-8-10-16(6,7)12-14(17)11-15(3,4)5/h13-14,17H,8-12H2,1-7H3/q+2. The van der Waals surface area contributed by atoms with Gasteiger partial charge in [-0.1, -0.05) is 13.8 Å². The fraction of sp³-hybridized carbons (Fsp3) is 1.00. The van der Waals surface area contributed by atoms with Gasteiger partial charge >= 0.3 is 0 Å². The van der Waals surface area contributed by atoms with Gasteiger partial charge in [0, 0.05) is 0 Å². The lowest BCUT2D eigenvalue weighted by Crippen LogP contribution is -2.51. The number of likely N-dealkylation sites (N-methyl/N-ethyl adjacent to an activating group) is 2. The summed E-state index contributed by atoms with van der Waals surface area (Å²) < 4.78 is 1.75. The minimum atomic E-state index is -0.205. The van der Waals surface area contributed by atoms with E-state index in [-0.39, 0.29) is 6.10 Å². The van der Waals surface area contributed by atoms with Crippen molar-refractivity contribution < 1.29 is 14.1 Å². The van der Waals surface area contributed by atoms with E-state index in [1.165, 1.54) is 12.8 Å². The lowest BCUT2D eigenvalue weighted by molar-refractivity contribution is -0.907. The van der Waals surface area contributed by atoms with E-state index in [0.717, 1.165) is 34.5 Å². The maximum atomic E-state index is 10.1. The van der Waals surface area contributed by atoms with Crippen molar-refractivity contribution in [3.05, 3.63) is 0 Å². The first-order valence-corrected chi connectivity index (χ1v) is 6.82. The van der Waals surface area contributed by atoms with Crippen molar-refractivity contribution in [2.24, 2.45) is 5.92 Å². The number of hydrogen-bond acceptors (Lipinski definition) is 1. The minimum absolute atomic E-state index is 0.205. The van der Waals surface area contributed by atoms with Crippen molar-refractivity contribution in [1.29, 1.82) is 0 Å². The van der Waals surface area contributed by atoms with Gasteiger partial charge in [0.2, 0.25) is 0 Å². The van der Waals surface area contributed by atoms with Crippen LogP contribution in [-0.2, 0) is 0 Å². The van der Waals surface area contributed by atoms with Gasteiger partial charge in [-0.2, -0.15) is 0 Å². The number of aliphatic hydroxyl groups excluding tert-OH is 1. The lowest BCUT2D eigenvalue weighted by Gasteiger charge is -2.34. The molecule has 0 aromatic rings. The van der Waals surface area contributed by atoms with Gasteiger partial charge in [-0.3, -0.25) is 0 Å². The molecule has 0 aliphatic heterocycles. The van der Waals surface area contributed by atoms with Gasteiger partial charge in [-0.25, -0.2) is 0 Å². The van der Waals surface area contributed by atoms with Crippen molar-refractivity contribution in [2.45, 2.75) is 32.8 Å². The molecule has 0 heterocycles. The minimum Gasteiger partial charge on any atom is -0.382 e. The summed E-state index contributed by atoms with van der Waals surface area (Å²) in [5.41, 5.74) is 0. The molecule has 17 heavy (non-hydrogen) atoms. The van der Waals surface area contributed by atoms with Gasteiger partial charge in [0.25, 0.3) is 0 Å². The Morgan fingerprint density at radius 2 is 1.47 bits per heavy atom. The highest BCUT2D eigenvalue weighted by atomic mass is 16.3. The van der Waals surface area contributed by atoms with Crippen molar-refractivity contribution in [1.82, 2.24) is 0 Å². The summed E-state index contributed by atoms with van der Waals surface area (Å²) in [5.74, 6) is 0.783. The maximum Gasteiger partial charge on any atom is 0.152 e. The van der Waals surface area contributed by atoms with Crippen LogP contribution in [0.2, 0.25) is 0 Å². The third-order valence-electron chi connectivity index (χ3n) is 3.01. The van der Waals surface area contributed by atoms with Crippen LogP contribution in [0.4, 0.5) is 0 Å². The highest BCUT2D eigenvalue weighted by Crippen LogP contribution is 2.09. The Bertz CT molecular complexity index is 207. The number of hydrogen-bond donors (Lipinski definition) is 1. The van der Waals surface area contributed by atoms with Crippen LogP contribution in [0.15, 0.2) is 0 Å². The largest absolute Gasteiger partial charge is 0.382 e. The van der Waals surface area contributed by atoms with Crippen LogP contribution < -0.4 is 0 Å². The number of nitrogens with zero attached hydrogens (tertiary/aromatic N) is 2.